The van der Waals surface area contributed by atoms with E-state index in [1.54, 1.807) is 0 Å². The lowest BCUT2D eigenvalue weighted by molar-refractivity contribution is 0.000695. The monoisotopic (exact) mass is 362 g/mol. The zero-order valence-electron chi connectivity index (χ0n) is 16.5. The van der Waals surface area contributed by atoms with Crippen molar-refractivity contribution in [2.24, 2.45) is 0 Å². The highest BCUT2D eigenvalue weighted by atomic mass is 16.5. The number of ether oxygens (including phenoxy) is 2. The molecule has 0 aromatic heterocycles. The van der Waals surface area contributed by atoms with Crippen LogP contribution in [0.5, 0.6) is 0 Å². The van der Waals surface area contributed by atoms with Crippen molar-refractivity contribution < 1.29 is 14.3 Å². The summed E-state index contributed by atoms with van der Waals surface area (Å²) in [5, 5.41) is 3.06. The van der Waals surface area contributed by atoms with Gasteiger partial charge in [0.25, 0.3) is 0 Å². The molecular formula is C21H34N2O3. The first-order chi connectivity index (χ1) is 12.6. The Bertz CT molecular complexity index is 542. The smallest absolute Gasteiger partial charge is 0.317 e. The molecule has 1 aliphatic heterocycles. The summed E-state index contributed by atoms with van der Waals surface area (Å²) in [4.78, 5) is 14.5. The van der Waals surface area contributed by atoms with Gasteiger partial charge in [0, 0.05) is 26.2 Å². The van der Waals surface area contributed by atoms with Gasteiger partial charge in [0.15, 0.2) is 0 Å². The summed E-state index contributed by atoms with van der Waals surface area (Å²) in [6.45, 7) is 9.54. The van der Waals surface area contributed by atoms with Crippen LogP contribution in [-0.2, 0) is 22.6 Å². The van der Waals surface area contributed by atoms with Gasteiger partial charge < -0.3 is 19.7 Å². The number of amides is 2. The van der Waals surface area contributed by atoms with Gasteiger partial charge in [-0.2, -0.15) is 0 Å². The van der Waals surface area contributed by atoms with Crippen LogP contribution in [0.25, 0.3) is 0 Å². The summed E-state index contributed by atoms with van der Waals surface area (Å²) in [5.74, 6) is 0. The van der Waals surface area contributed by atoms with Gasteiger partial charge in [0.2, 0.25) is 0 Å². The maximum atomic E-state index is 12.6. The number of carbonyl (C=O) groups is 1. The van der Waals surface area contributed by atoms with Crippen molar-refractivity contribution in [3.8, 4) is 0 Å². The van der Waals surface area contributed by atoms with Crippen LogP contribution in [0.15, 0.2) is 24.3 Å². The molecule has 146 valence electrons. The van der Waals surface area contributed by atoms with Crippen molar-refractivity contribution in [3.05, 3.63) is 35.4 Å². The van der Waals surface area contributed by atoms with Crippen LogP contribution in [0, 0.1) is 0 Å². The van der Waals surface area contributed by atoms with Gasteiger partial charge in [0.05, 0.1) is 18.8 Å². The highest BCUT2D eigenvalue weighted by Crippen LogP contribution is 2.14. The molecule has 2 amide bonds. The Morgan fingerprint density at radius 1 is 1.35 bits per heavy atom. The molecule has 1 aromatic carbocycles. The molecule has 0 spiro atoms. The Kier molecular flexibility index (Phi) is 8.92. The lowest BCUT2D eigenvalue weighted by Crippen LogP contribution is -2.45. The van der Waals surface area contributed by atoms with Crippen LogP contribution >= 0.6 is 0 Å². The number of rotatable bonds is 9. The van der Waals surface area contributed by atoms with Crippen molar-refractivity contribution in [2.45, 2.75) is 71.8 Å². The van der Waals surface area contributed by atoms with Crippen LogP contribution in [-0.4, -0.2) is 42.8 Å². The fourth-order valence-electron chi connectivity index (χ4n) is 3.12. The van der Waals surface area contributed by atoms with Crippen molar-refractivity contribution >= 4 is 6.03 Å². The second-order valence-corrected chi connectivity index (χ2v) is 7.27. The average molecular weight is 363 g/mol. The number of urea groups is 1. The molecule has 0 bridgehead atoms. The minimum atomic E-state index is -0.00939. The van der Waals surface area contributed by atoms with E-state index >= 15 is 0 Å². The summed E-state index contributed by atoms with van der Waals surface area (Å²) >= 11 is 0. The molecule has 2 rings (SSSR count). The van der Waals surface area contributed by atoms with Crippen LogP contribution in [0.2, 0.25) is 0 Å². The summed E-state index contributed by atoms with van der Waals surface area (Å²) in [7, 11) is 0. The Morgan fingerprint density at radius 3 is 2.85 bits per heavy atom. The van der Waals surface area contributed by atoms with Crippen LogP contribution in [0.1, 0.15) is 57.6 Å². The standard InChI is InChI=1S/C21H34N2O3/c1-4-11-23(15-20-10-5-6-12-25-20)21(24)22-14-18-8-7-9-19(13-18)16-26-17(2)3/h7-9,13,17,20H,4-6,10-12,14-16H2,1-3H3,(H,22,24). The van der Waals surface area contributed by atoms with Crippen LogP contribution < -0.4 is 5.32 Å². The molecule has 1 aromatic rings. The molecule has 26 heavy (non-hydrogen) atoms. The van der Waals surface area contributed by atoms with Crippen molar-refractivity contribution in [3.63, 3.8) is 0 Å². The quantitative estimate of drug-likeness (QED) is 0.719. The number of hydrogen-bond acceptors (Lipinski definition) is 3. The van der Waals surface area contributed by atoms with E-state index in [4.69, 9.17) is 9.47 Å². The molecule has 1 saturated heterocycles. The Labute approximate surface area is 158 Å². The van der Waals surface area contributed by atoms with E-state index in [0.717, 1.165) is 43.5 Å². The maximum Gasteiger partial charge on any atom is 0.317 e. The van der Waals surface area contributed by atoms with E-state index in [1.807, 2.05) is 30.9 Å². The summed E-state index contributed by atoms with van der Waals surface area (Å²) in [5.41, 5.74) is 2.22. The average Bonchev–Trinajstić information content (AvgIpc) is 2.65. The third kappa shape index (κ3) is 7.34. The minimum absolute atomic E-state index is 0.00939. The first kappa shape index (κ1) is 20.7. The van der Waals surface area contributed by atoms with Gasteiger partial charge in [-0.1, -0.05) is 31.2 Å². The van der Waals surface area contributed by atoms with E-state index in [0.29, 0.717) is 19.7 Å². The molecule has 1 atom stereocenters. The molecule has 0 saturated carbocycles. The second kappa shape index (κ2) is 11.2. The molecule has 1 heterocycles. The molecule has 1 fully saturated rings. The Morgan fingerprint density at radius 2 is 2.15 bits per heavy atom. The molecular weight excluding hydrogens is 328 g/mol. The lowest BCUT2D eigenvalue weighted by atomic mass is 10.1. The summed E-state index contributed by atoms with van der Waals surface area (Å²) < 4.78 is 11.4. The lowest BCUT2D eigenvalue weighted by Gasteiger charge is -2.30. The van der Waals surface area contributed by atoms with E-state index in [2.05, 4.69) is 24.4 Å². The molecule has 0 aliphatic carbocycles. The topological polar surface area (TPSA) is 50.8 Å². The SMILES string of the molecule is CCCN(CC1CCCCO1)C(=O)NCc1cccc(COC(C)C)c1. The number of carbonyl (C=O) groups excluding carboxylic acids is 1. The zero-order chi connectivity index (χ0) is 18.8. The largest absolute Gasteiger partial charge is 0.376 e. The molecule has 5 nitrogen and oxygen atoms in total. The van der Waals surface area contributed by atoms with Crippen LogP contribution in [0.4, 0.5) is 4.79 Å². The van der Waals surface area contributed by atoms with E-state index in [1.165, 1.54) is 6.42 Å². The van der Waals surface area contributed by atoms with Crippen molar-refractivity contribution in [1.29, 1.82) is 0 Å². The molecule has 0 radical (unpaired) electrons. The fraction of sp³-hybridized carbons (Fsp3) is 0.667. The van der Waals surface area contributed by atoms with Gasteiger partial charge in [-0.15, -0.1) is 0 Å². The number of hydrogen-bond donors (Lipinski definition) is 1. The van der Waals surface area contributed by atoms with Crippen molar-refractivity contribution in [2.75, 3.05) is 19.7 Å². The highest BCUT2D eigenvalue weighted by molar-refractivity contribution is 5.74. The first-order valence-electron chi connectivity index (χ1n) is 9.92. The Hall–Kier alpha value is -1.59. The fourth-order valence-corrected chi connectivity index (χ4v) is 3.12. The van der Waals surface area contributed by atoms with Gasteiger partial charge in [0.1, 0.15) is 0 Å². The third-order valence-electron chi connectivity index (χ3n) is 4.50. The predicted octanol–water partition coefficient (Wildman–Crippen LogP) is 4.10. The van der Waals surface area contributed by atoms with Gasteiger partial charge >= 0.3 is 6.03 Å². The maximum absolute atomic E-state index is 12.6. The number of nitrogens with one attached hydrogen (secondary N) is 1. The Balaban J connectivity index is 1.85. The highest BCUT2D eigenvalue weighted by Gasteiger charge is 2.20. The summed E-state index contributed by atoms with van der Waals surface area (Å²) in [6.07, 6.45) is 4.71. The minimum Gasteiger partial charge on any atom is -0.376 e. The normalized spacial score (nSPS) is 17.3. The second-order valence-electron chi connectivity index (χ2n) is 7.27. The molecule has 1 N–H and O–H groups in total. The molecule has 5 heteroatoms. The summed E-state index contributed by atoms with van der Waals surface area (Å²) in [6, 6.07) is 8.19. The van der Waals surface area contributed by atoms with Gasteiger partial charge in [-0.25, -0.2) is 4.79 Å². The van der Waals surface area contributed by atoms with E-state index in [-0.39, 0.29) is 18.2 Å². The van der Waals surface area contributed by atoms with E-state index < -0.39 is 0 Å². The van der Waals surface area contributed by atoms with E-state index in [9.17, 15) is 4.79 Å². The zero-order valence-corrected chi connectivity index (χ0v) is 16.5. The number of benzene rings is 1. The molecule has 1 aliphatic rings. The molecule has 1 unspecified atom stereocenters. The number of nitrogens with zero attached hydrogens (tertiary/aromatic N) is 1. The first-order valence-corrected chi connectivity index (χ1v) is 9.92. The van der Waals surface area contributed by atoms with Gasteiger partial charge in [-0.05, 0) is 50.7 Å². The third-order valence-corrected chi connectivity index (χ3v) is 4.50. The van der Waals surface area contributed by atoms with Gasteiger partial charge in [-0.3, -0.25) is 0 Å². The van der Waals surface area contributed by atoms with Crippen molar-refractivity contribution in [1.82, 2.24) is 10.2 Å². The van der Waals surface area contributed by atoms with Crippen LogP contribution in [0.3, 0.4) is 0 Å². The predicted molar refractivity (Wildman–Crippen MR) is 104 cm³/mol.